The van der Waals surface area contributed by atoms with Gasteiger partial charge in [0.15, 0.2) is 0 Å². The van der Waals surface area contributed by atoms with Crippen molar-refractivity contribution in [2.24, 2.45) is 17.8 Å². The molecule has 5 aliphatic rings. The molecule has 5 fully saturated rings. The molecule has 2 unspecified atom stereocenters. The van der Waals surface area contributed by atoms with Crippen molar-refractivity contribution in [1.29, 1.82) is 0 Å². The number of hydrogen-bond donors (Lipinski definition) is 2. The maximum Gasteiger partial charge on any atom is 0.356 e. The summed E-state index contributed by atoms with van der Waals surface area (Å²) in [6, 6.07) is 9.55. The van der Waals surface area contributed by atoms with E-state index < -0.39 is 11.6 Å². The molecule has 37 heavy (non-hydrogen) atoms. The number of carbonyl (C=O) groups is 2. The Hall–Kier alpha value is -3.20. The zero-order valence-electron chi connectivity index (χ0n) is 21.5. The van der Waals surface area contributed by atoms with E-state index >= 15 is 0 Å². The van der Waals surface area contributed by atoms with Gasteiger partial charge in [-0.1, -0.05) is 6.07 Å². The van der Waals surface area contributed by atoms with Crippen molar-refractivity contribution in [2.45, 2.75) is 56.7 Å². The molecule has 1 aliphatic heterocycles. The first-order valence-electron chi connectivity index (χ1n) is 13.4. The summed E-state index contributed by atoms with van der Waals surface area (Å²) in [4.78, 5) is 38.4. The molecule has 4 bridgehead atoms. The Morgan fingerprint density at radius 2 is 1.86 bits per heavy atom. The Balaban J connectivity index is 1.10. The monoisotopic (exact) mass is 505 g/mol. The van der Waals surface area contributed by atoms with E-state index in [-0.39, 0.29) is 18.0 Å². The lowest BCUT2D eigenvalue weighted by molar-refractivity contribution is -0.136. The number of esters is 1. The molecule has 7 rings (SSSR count). The fourth-order valence-electron chi connectivity index (χ4n) is 7.48. The molecule has 9 nitrogen and oxygen atoms in total. The van der Waals surface area contributed by atoms with E-state index in [1.807, 2.05) is 18.2 Å². The quantitative estimate of drug-likeness (QED) is 0.598. The SMILES string of the molecule is COC(=O)c1ccc(N2CCN(c3cccc(C(=O)N[C@H]4C5CC6CC4C[C@](O)(C6)C5)n3)[C@H](C)C2)cn1. The Labute approximate surface area is 217 Å². The summed E-state index contributed by atoms with van der Waals surface area (Å²) in [5.74, 6) is 1.59. The average Bonchev–Trinajstić information content (AvgIpc) is 2.89. The highest BCUT2D eigenvalue weighted by Crippen LogP contribution is 2.55. The number of methoxy groups -OCH3 is 1. The molecule has 4 saturated carbocycles. The largest absolute Gasteiger partial charge is 0.464 e. The van der Waals surface area contributed by atoms with Crippen LogP contribution in [0.4, 0.5) is 11.5 Å². The van der Waals surface area contributed by atoms with Gasteiger partial charge in [0.05, 0.1) is 24.6 Å². The number of aromatic nitrogens is 2. The standard InChI is InChI=1S/C28H35N5O4/c1-17-16-32(21-6-7-23(29-15-21)27(35)37-2)8-9-33(17)24-5-3-4-22(30-24)26(34)31-25-19-10-18-11-20(25)14-28(36,12-18)13-19/h3-7,15,17-20,25,36H,8-14,16H2,1-2H3,(H,31,34)/t17-,18?,19?,20?,25-,28-/m1/s1. The number of pyridine rings is 2. The van der Waals surface area contributed by atoms with Crippen molar-refractivity contribution in [1.82, 2.24) is 15.3 Å². The third-order valence-corrected chi connectivity index (χ3v) is 8.93. The molecule has 2 aromatic rings. The number of hydrogen-bond acceptors (Lipinski definition) is 8. The minimum Gasteiger partial charge on any atom is -0.464 e. The lowest BCUT2D eigenvalue weighted by atomic mass is 9.52. The molecule has 3 heterocycles. The summed E-state index contributed by atoms with van der Waals surface area (Å²) in [6.45, 7) is 4.45. The number of piperazine rings is 1. The Morgan fingerprint density at radius 3 is 2.51 bits per heavy atom. The highest BCUT2D eigenvalue weighted by atomic mass is 16.5. The lowest BCUT2D eigenvalue weighted by Crippen LogP contribution is -2.61. The number of amides is 1. The van der Waals surface area contributed by atoms with Crippen LogP contribution >= 0.6 is 0 Å². The summed E-state index contributed by atoms with van der Waals surface area (Å²) in [6.07, 6.45) is 6.48. The highest BCUT2D eigenvalue weighted by molar-refractivity contribution is 5.93. The van der Waals surface area contributed by atoms with Crippen LogP contribution in [0.5, 0.6) is 0 Å². The first-order chi connectivity index (χ1) is 17.8. The van der Waals surface area contributed by atoms with Crippen molar-refractivity contribution in [3.8, 4) is 0 Å². The van der Waals surface area contributed by atoms with Gasteiger partial charge in [-0.2, -0.15) is 0 Å². The molecule has 4 aliphatic carbocycles. The van der Waals surface area contributed by atoms with E-state index in [1.165, 1.54) is 7.11 Å². The van der Waals surface area contributed by atoms with E-state index in [1.54, 1.807) is 18.3 Å². The number of anilines is 2. The van der Waals surface area contributed by atoms with Crippen LogP contribution in [-0.4, -0.2) is 71.4 Å². The topological polar surface area (TPSA) is 108 Å². The first-order valence-corrected chi connectivity index (χ1v) is 13.4. The van der Waals surface area contributed by atoms with Gasteiger partial charge in [0.2, 0.25) is 0 Å². The molecule has 0 spiro atoms. The van der Waals surface area contributed by atoms with Crippen LogP contribution in [0, 0.1) is 17.8 Å². The van der Waals surface area contributed by atoms with Crippen molar-refractivity contribution in [3.63, 3.8) is 0 Å². The molecule has 1 saturated heterocycles. The van der Waals surface area contributed by atoms with Crippen LogP contribution in [0.15, 0.2) is 36.5 Å². The van der Waals surface area contributed by atoms with E-state index in [4.69, 9.17) is 9.72 Å². The number of nitrogens with zero attached hydrogens (tertiary/aromatic N) is 4. The summed E-state index contributed by atoms with van der Waals surface area (Å²) in [5, 5.41) is 14.2. The van der Waals surface area contributed by atoms with E-state index in [2.05, 4.69) is 27.0 Å². The van der Waals surface area contributed by atoms with Gasteiger partial charge >= 0.3 is 5.97 Å². The maximum atomic E-state index is 13.3. The van der Waals surface area contributed by atoms with Crippen LogP contribution in [0.3, 0.4) is 0 Å². The molecule has 0 aromatic carbocycles. The number of ether oxygens (including phenoxy) is 1. The van der Waals surface area contributed by atoms with Gasteiger partial charge < -0.3 is 25.0 Å². The van der Waals surface area contributed by atoms with Crippen molar-refractivity contribution < 1.29 is 19.4 Å². The number of nitrogens with one attached hydrogen (secondary N) is 1. The molecule has 0 radical (unpaired) electrons. The second-order valence-electron chi connectivity index (χ2n) is 11.5. The van der Waals surface area contributed by atoms with Crippen molar-refractivity contribution >= 4 is 23.4 Å². The van der Waals surface area contributed by atoms with Crippen molar-refractivity contribution in [2.75, 3.05) is 36.5 Å². The van der Waals surface area contributed by atoms with Crippen LogP contribution in [0.1, 0.15) is 60.0 Å². The minimum atomic E-state index is -0.506. The molecule has 196 valence electrons. The molecule has 1 amide bonds. The second-order valence-corrected chi connectivity index (χ2v) is 11.5. The van der Waals surface area contributed by atoms with E-state index in [0.717, 1.165) is 63.2 Å². The fraction of sp³-hybridized carbons (Fsp3) is 0.571. The van der Waals surface area contributed by atoms with Crippen LogP contribution < -0.4 is 15.1 Å². The van der Waals surface area contributed by atoms with Crippen LogP contribution in [-0.2, 0) is 4.74 Å². The Bertz CT molecular complexity index is 1170. The summed E-state index contributed by atoms with van der Waals surface area (Å²) in [5.41, 5.74) is 1.19. The van der Waals surface area contributed by atoms with Gasteiger partial charge in [0, 0.05) is 31.7 Å². The zero-order valence-corrected chi connectivity index (χ0v) is 21.5. The summed E-state index contributed by atoms with van der Waals surface area (Å²) in [7, 11) is 1.35. The number of rotatable bonds is 5. The molecule has 9 heteroatoms. The van der Waals surface area contributed by atoms with Gasteiger partial charge in [-0.05, 0) is 81.0 Å². The maximum absolute atomic E-state index is 13.3. The Morgan fingerprint density at radius 1 is 1.08 bits per heavy atom. The summed E-state index contributed by atoms with van der Waals surface area (Å²) >= 11 is 0. The molecule has 2 aromatic heterocycles. The molecular formula is C28H35N5O4. The second kappa shape index (κ2) is 9.28. The van der Waals surface area contributed by atoms with Crippen LogP contribution in [0.25, 0.3) is 0 Å². The Kier molecular flexibility index (Phi) is 6.06. The first kappa shape index (κ1) is 24.2. The average molecular weight is 506 g/mol. The normalized spacial score (nSPS) is 32.4. The zero-order chi connectivity index (χ0) is 25.7. The van der Waals surface area contributed by atoms with Gasteiger partial charge in [-0.15, -0.1) is 0 Å². The lowest BCUT2D eigenvalue weighted by Gasteiger charge is -2.58. The highest BCUT2D eigenvalue weighted by Gasteiger charge is 2.55. The van der Waals surface area contributed by atoms with Gasteiger partial charge in [0.25, 0.3) is 5.91 Å². The van der Waals surface area contributed by atoms with Crippen molar-refractivity contribution in [3.05, 3.63) is 47.9 Å². The minimum absolute atomic E-state index is 0.116. The van der Waals surface area contributed by atoms with Gasteiger partial charge in [-0.25, -0.2) is 14.8 Å². The molecule has 2 N–H and O–H groups in total. The third-order valence-electron chi connectivity index (χ3n) is 8.93. The molecule has 3 atom stereocenters. The fourth-order valence-corrected chi connectivity index (χ4v) is 7.48. The predicted octanol–water partition coefficient (Wildman–Crippen LogP) is 2.65. The van der Waals surface area contributed by atoms with E-state index in [9.17, 15) is 14.7 Å². The predicted molar refractivity (Wildman–Crippen MR) is 139 cm³/mol. The van der Waals surface area contributed by atoms with Crippen LogP contribution in [0.2, 0.25) is 0 Å². The van der Waals surface area contributed by atoms with E-state index in [0.29, 0.717) is 29.1 Å². The number of aliphatic hydroxyl groups is 1. The number of carbonyl (C=O) groups excluding carboxylic acids is 2. The van der Waals surface area contributed by atoms with Gasteiger partial charge in [0.1, 0.15) is 17.2 Å². The smallest absolute Gasteiger partial charge is 0.356 e. The molecular weight excluding hydrogens is 470 g/mol. The third kappa shape index (κ3) is 4.54. The van der Waals surface area contributed by atoms with Gasteiger partial charge in [-0.3, -0.25) is 4.79 Å². The summed E-state index contributed by atoms with van der Waals surface area (Å²) < 4.78 is 4.73.